The summed E-state index contributed by atoms with van der Waals surface area (Å²) in [6, 6.07) is 8.26. The number of nitrogens with one attached hydrogen (secondary N) is 2. The van der Waals surface area contributed by atoms with Crippen LogP contribution in [0.3, 0.4) is 0 Å². The smallest absolute Gasteiger partial charge is 0.254 e. The molecule has 0 saturated carbocycles. The third-order valence-electron chi connectivity index (χ3n) is 2.97. The zero-order chi connectivity index (χ0) is 16.2. The van der Waals surface area contributed by atoms with Gasteiger partial charge in [-0.05, 0) is 33.3 Å². The third-order valence-corrected chi connectivity index (χ3v) is 2.97. The summed E-state index contributed by atoms with van der Waals surface area (Å²) in [4.78, 5) is 20.3. The van der Waals surface area contributed by atoms with Crippen molar-refractivity contribution in [3.05, 3.63) is 53.3 Å². The summed E-state index contributed by atoms with van der Waals surface area (Å²) in [5.74, 6) is 0.338. The van der Waals surface area contributed by atoms with Crippen LogP contribution >= 0.6 is 0 Å². The molecule has 2 N–H and O–H groups in total. The van der Waals surface area contributed by atoms with Gasteiger partial charge < -0.3 is 10.6 Å². The molecule has 116 valence electrons. The normalized spacial score (nSPS) is 11.1. The van der Waals surface area contributed by atoms with E-state index < -0.39 is 0 Å². The maximum Gasteiger partial charge on any atom is 0.254 e. The Balaban J connectivity index is 1.94. The molecule has 5 heteroatoms. The highest BCUT2D eigenvalue weighted by Crippen LogP contribution is 2.07. The average molecular weight is 298 g/mol. The molecule has 1 aromatic carbocycles. The second-order valence-corrected chi connectivity index (χ2v) is 6.34. The van der Waals surface area contributed by atoms with Crippen molar-refractivity contribution < 1.29 is 4.79 Å². The van der Waals surface area contributed by atoms with Gasteiger partial charge in [-0.15, -0.1) is 0 Å². The fraction of sp³-hybridized carbons (Fsp3) is 0.353. The number of amides is 1. The largest absolute Gasteiger partial charge is 0.350 e. The van der Waals surface area contributed by atoms with Crippen LogP contribution in [-0.2, 0) is 6.54 Å². The Labute approximate surface area is 131 Å². The molecule has 1 aromatic heterocycles. The molecule has 0 spiro atoms. The van der Waals surface area contributed by atoms with Crippen molar-refractivity contribution >= 4 is 11.9 Å². The molecule has 2 rings (SSSR count). The van der Waals surface area contributed by atoms with Gasteiger partial charge in [-0.3, -0.25) is 4.79 Å². The van der Waals surface area contributed by atoms with E-state index in [9.17, 15) is 4.79 Å². The van der Waals surface area contributed by atoms with Gasteiger partial charge in [-0.25, -0.2) is 9.97 Å². The fourth-order valence-electron chi connectivity index (χ4n) is 1.84. The molecule has 5 nitrogen and oxygen atoms in total. The Bertz CT molecular complexity index is 627. The first-order valence-electron chi connectivity index (χ1n) is 7.27. The molecule has 0 saturated heterocycles. The molecular weight excluding hydrogens is 276 g/mol. The number of hydrogen-bond donors (Lipinski definition) is 2. The highest BCUT2D eigenvalue weighted by Gasteiger charge is 2.15. The summed E-state index contributed by atoms with van der Waals surface area (Å²) in [7, 11) is 0. The van der Waals surface area contributed by atoms with Crippen molar-refractivity contribution in [1.82, 2.24) is 15.3 Å². The molecular formula is C17H22N4O. The quantitative estimate of drug-likeness (QED) is 0.910. The first-order valence-corrected chi connectivity index (χ1v) is 7.27. The van der Waals surface area contributed by atoms with Crippen LogP contribution in [0.1, 0.15) is 42.3 Å². The lowest BCUT2D eigenvalue weighted by Crippen LogP contribution is -2.40. The lowest BCUT2D eigenvalue weighted by atomic mass is 10.1. The van der Waals surface area contributed by atoms with E-state index in [-0.39, 0.29) is 11.4 Å². The van der Waals surface area contributed by atoms with E-state index in [2.05, 4.69) is 51.8 Å². The molecule has 0 aliphatic rings. The fourth-order valence-corrected chi connectivity index (χ4v) is 1.84. The molecule has 0 fully saturated rings. The second kappa shape index (κ2) is 6.56. The number of rotatable bonds is 4. The molecule has 0 radical (unpaired) electrons. The lowest BCUT2D eigenvalue weighted by Gasteiger charge is -2.20. The zero-order valence-electron chi connectivity index (χ0n) is 13.5. The number of nitrogens with zero attached hydrogens (tertiary/aromatic N) is 2. The van der Waals surface area contributed by atoms with E-state index in [1.807, 2.05) is 20.8 Å². The summed E-state index contributed by atoms with van der Waals surface area (Å²) < 4.78 is 0. The van der Waals surface area contributed by atoms with Crippen molar-refractivity contribution in [1.29, 1.82) is 0 Å². The van der Waals surface area contributed by atoms with Crippen LogP contribution in [0.25, 0.3) is 0 Å². The van der Waals surface area contributed by atoms with Crippen LogP contribution in [0.2, 0.25) is 0 Å². The molecule has 0 unspecified atom stereocenters. The van der Waals surface area contributed by atoms with Crippen molar-refractivity contribution in [3.63, 3.8) is 0 Å². The summed E-state index contributed by atoms with van der Waals surface area (Å²) in [6.07, 6.45) is 3.07. The van der Waals surface area contributed by atoms with E-state index in [4.69, 9.17) is 0 Å². The maximum absolute atomic E-state index is 12.0. The van der Waals surface area contributed by atoms with Crippen LogP contribution < -0.4 is 10.6 Å². The minimum absolute atomic E-state index is 0.169. The number of anilines is 1. The van der Waals surface area contributed by atoms with Crippen LogP contribution in [0.15, 0.2) is 36.7 Å². The van der Waals surface area contributed by atoms with Crippen molar-refractivity contribution in [3.8, 4) is 0 Å². The van der Waals surface area contributed by atoms with E-state index >= 15 is 0 Å². The third kappa shape index (κ3) is 4.84. The van der Waals surface area contributed by atoms with Gasteiger partial charge in [0.15, 0.2) is 0 Å². The molecule has 0 bridgehead atoms. The second-order valence-electron chi connectivity index (χ2n) is 6.34. The SMILES string of the molecule is Cc1ccc(CNc2ncc(C(=O)NC(C)(C)C)cn2)cc1. The number of carbonyl (C=O) groups is 1. The van der Waals surface area contributed by atoms with Crippen molar-refractivity contribution in [2.24, 2.45) is 0 Å². The van der Waals surface area contributed by atoms with Crippen LogP contribution in [0.5, 0.6) is 0 Å². The average Bonchev–Trinajstić information content (AvgIpc) is 2.45. The van der Waals surface area contributed by atoms with E-state index in [0.717, 1.165) is 5.56 Å². The number of benzene rings is 1. The Morgan fingerprint density at radius 2 is 1.68 bits per heavy atom. The van der Waals surface area contributed by atoms with Gasteiger partial charge in [0.05, 0.1) is 5.56 Å². The van der Waals surface area contributed by atoms with Gasteiger partial charge in [0.1, 0.15) is 0 Å². The number of carbonyl (C=O) groups excluding carboxylic acids is 1. The highest BCUT2D eigenvalue weighted by atomic mass is 16.1. The van der Waals surface area contributed by atoms with Gasteiger partial charge in [-0.1, -0.05) is 29.8 Å². The molecule has 0 aliphatic carbocycles. The summed E-state index contributed by atoms with van der Waals surface area (Å²) in [6.45, 7) is 8.51. The topological polar surface area (TPSA) is 66.9 Å². The van der Waals surface area contributed by atoms with E-state index in [1.54, 1.807) is 0 Å². The Hall–Kier alpha value is -2.43. The summed E-state index contributed by atoms with van der Waals surface area (Å²) >= 11 is 0. The first kappa shape index (κ1) is 15.9. The molecule has 1 heterocycles. The predicted octanol–water partition coefficient (Wildman–Crippen LogP) is 2.93. The summed E-state index contributed by atoms with van der Waals surface area (Å²) in [5.41, 5.74) is 2.56. The predicted molar refractivity (Wildman–Crippen MR) is 87.8 cm³/mol. The molecule has 0 aliphatic heterocycles. The number of aromatic nitrogens is 2. The van der Waals surface area contributed by atoms with Crippen LogP contribution in [0.4, 0.5) is 5.95 Å². The van der Waals surface area contributed by atoms with Crippen molar-refractivity contribution in [2.75, 3.05) is 5.32 Å². The van der Waals surface area contributed by atoms with E-state index in [0.29, 0.717) is 18.1 Å². The van der Waals surface area contributed by atoms with Crippen molar-refractivity contribution in [2.45, 2.75) is 39.8 Å². The molecule has 22 heavy (non-hydrogen) atoms. The lowest BCUT2D eigenvalue weighted by molar-refractivity contribution is 0.0919. The molecule has 2 aromatic rings. The molecule has 0 atom stereocenters. The van der Waals surface area contributed by atoms with Crippen LogP contribution in [0, 0.1) is 6.92 Å². The minimum atomic E-state index is -0.278. The summed E-state index contributed by atoms with van der Waals surface area (Å²) in [5, 5.41) is 6.02. The minimum Gasteiger partial charge on any atom is -0.350 e. The number of aryl methyl sites for hydroxylation is 1. The highest BCUT2D eigenvalue weighted by molar-refractivity contribution is 5.94. The first-order chi connectivity index (χ1) is 10.3. The Kier molecular flexibility index (Phi) is 4.75. The van der Waals surface area contributed by atoms with Gasteiger partial charge in [0.2, 0.25) is 5.95 Å². The van der Waals surface area contributed by atoms with Crippen LogP contribution in [-0.4, -0.2) is 21.4 Å². The number of hydrogen-bond acceptors (Lipinski definition) is 4. The monoisotopic (exact) mass is 298 g/mol. The zero-order valence-corrected chi connectivity index (χ0v) is 13.5. The standard InChI is InChI=1S/C17H22N4O/c1-12-5-7-13(8-6-12)9-18-16-19-10-14(11-20-16)15(22)21-17(2,3)4/h5-8,10-11H,9H2,1-4H3,(H,21,22)(H,18,19,20). The Morgan fingerprint density at radius 1 is 1.09 bits per heavy atom. The van der Waals surface area contributed by atoms with Gasteiger partial charge >= 0.3 is 0 Å². The van der Waals surface area contributed by atoms with Gasteiger partial charge in [0.25, 0.3) is 5.91 Å². The maximum atomic E-state index is 12.0. The van der Waals surface area contributed by atoms with Gasteiger partial charge in [-0.2, -0.15) is 0 Å². The van der Waals surface area contributed by atoms with Gasteiger partial charge in [0, 0.05) is 24.5 Å². The molecule has 1 amide bonds. The van der Waals surface area contributed by atoms with E-state index in [1.165, 1.54) is 18.0 Å². The Morgan fingerprint density at radius 3 is 2.23 bits per heavy atom.